The van der Waals surface area contributed by atoms with Gasteiger partial charge in [0, 0.05) is 11.2 Å². The first-order chi connectivity index (χ1) is 13.0. The van der Waals surface area contributed by atoms with Crippen molar-refractivity contribution in [3.8, 4) is 5.75 Å². The molecule has 7 nitrogen and oxygen atoms in total. The summed E-state index contributed by atoms with van der Waals surface area (Å²) in [6.45, 7) is 0.967. The normalized spacial score (nSPS) is 10.6. The minimum Gasteiger partial charge on any atom is -0.492 e. The van der Waals surface area contributed by atoms with Crippen molar-refractivity contribution >= 4 is 34.9 Å². The molecule has 0 saturated carbocycles. The first kappa shape index (κ1) is 19.0. The van der Waals surface area contributed by atoms with Crippen LogP contribution in [0.15, 0.2) is 48.7 Å². The predicted octanol–water partition coefficient (Wildman–Crippen LogP) is 3.02. The van der Waals surface area contributed by atoms with Crippen LogP contribution < -0.4 is 15.8 Å². The number of pyridine rings is 1. The Hall–Kier alpha value is -2.77. The van der Waals surface area contributed by atoms with Crippen molar-refractivity contribution in [2.24, 2.45) is 0 Å². The average Bonchev–Trinajstić information content (AvgIpc) is 2.99. The second-order valence-corrected chi connectivity index (χ2v) is 6.46. The Labute approximate surface area is 166 Å². The standard InChI is InChI=1S/C18H17Cl2N5O2/c19-12-3-1-5-14(9-12)27-8-7-22-18(26)15-11-25(24-17(15)21)10-13-4-2-6-16(20)23-13/h1-6,9,11H,7-8,10H2,(H2,21,24)(H,22,26). The van der Waals surface area contributed by atoms with E-state index in [4.69, 9.17) is 33.7 Å². The molecule has 0 bridgehead atoms. The number of carbonyl (C=O) groups excluding carboxylic acids is 1. The number of nitrogens with one attached hydrogen (secondary N) is 1. The molecule has 1 amide bonds. The highest BCUT2D eigenvalue weighted by Gasteiger charge is 2.14. The summed E-state index contributed by atoms with van der Waals surface area (Å²) in [6, 6.07) is 12.3. The van der Waals surface area contributed by atoms with Crippen LogP contribution in [0.1, 0.15) is 16.1 Å². The summed E-state index contributed by atoms with van der Waals surface area (Å²) in [5, 5.41) is 7.87. The van der Waals surface area contributed by atoms with E-state index >= 15 is 0 Å². The number of amides is 1. The molecule has 3 rings (SSSR count). The van der Waals surface area contributed by atoms with Crippen molar-refractivity contribution in [3.05, 3.63) is 70.1 Å². The number of nitrogens with two attached hydrogens (primary N) is 1. The lowest BCUT2D eigenvalue weighted by Gasteiger charge is -2.07. The predicted molar refractivity (Wildman–Crippen MR) is 104 cm³/mol. The number of rotatable bonds is 7. The first-order valence-electron chi connectivity index (χ1n) is 8.12. The molecule has 0 unspecified atom stereocenters. The number of carbonyl (C=O) groups is 1. The molecule has 0 spiro atoms. The molecule has 1 aromatic carbocycles. The van der Waals surface area contributed by atoms with Crippen molar-refractivity contribution in [1.82, 2.24) is 20.1 Å². The van der Waals surface area contributed by atoms with E-state index in [0.717, 1.165) is 0 Å². The summed E-state index contributed by atoms with van der Waals surface area (Å²) in [4.78, 5) is 16.5. The zero-order valence-corrected chi connectivity index (χ0v) is 15.7. The van der Waals surface area contributed by atoms with E-state index in [1.54, 1.807) is 47.3 Å². The lowest BCUT2D eigenvalue weighted by molar-refractivity contribution is 0.0947. The molecule has 9 heteroatoms. The Balaban J connectivity index is 1.53. The van der Waals surface area contributed by atoms with Crippen LogP contribution >= 0.6 is 23.2 Å². The number of nitrogens with zero attached hydrogens (tertiary/aromatic N) is 3. The maximum Gasteiger partial charge on any atom is 0.256 e. The zero-order valence-electron chi connectivity index (χ0n) is 14.2. The van der Waals surface area contributed by atoms with Gasteiger partial charge in [-0.25, -0.2) is 4.98 Å². The summed E-state index contributed by atoms with van der Waals surface area (Å²) >= 11 is 11.8. The third kappa shape index (κ3) is 5.35. The highest BCUT2D eigenvalue weighted by atomic mass is 35.5. The van der Waals surface area contributed by atoms with E-state index in [9.17, 15) is 4.79 Å². The number of benzene rings is 1. The van der Waals surface area contributed by atoms with Gasteiger partial charge in [0.15, 0.2) is 5.82 Å². The number of nitrogen functional groups attached to an aromatic ring is 1. The van der Waals surface area contributed by atoms with Crippen LogP contribution in [0.25, 0.3) is 0 Å². The van der Waals surface area contributed by atoms with Crippen molar-refractivity contribution < 1.29 is 9.53 Å². The zero-order chi connectivity index (χ0) is 19.2. The van der Waals surface area contributed by atoms with E-state index in [1.165, 1.54) is 0 Å². The molecule has 27 heavy (non-hydrogen) atoms. The quantitative estimate of drug-likeness (QED) is 0.465. The van der Waals surface area contributed by atoms with Crippen LogP contribution in [-0.4, -0.2) is 33.8 Å². The second kappa shape index (κ2) is 8.75. The summed E-state index contributed by atoms with van der Waals surface area (Å²) < 4.78 is 7.07. The molecular formula is C18H17Cl2N5O2. The number of hydrogen-bond acceptors (Lipinski definition) is 5. The van der Waals surface area contributed by atoms with Gasteiger partial charge in [-0.2, -0.15) is 5.10 Å². The van der Waals surface area contributed by atoms with Gasteiger partial charge in [0.1, 0.15) is 23.1 Å². The van der Waals surface area contributed by atoms with Gasteiger partial charge in [-0.05, 0) is 30.3 Å². The van der Waals surface area contributed by atoms with E-state index in [2.05, 4.69) is 15.4 Å². The van der Waals surface area contributed by atoms with Gasteiger partial charge in [0.05, 0.1) is 18.8 Å². The minimum absolute atomic E-state index is 0.144. The molecule has 0 saturated heterocycles. The molecule has 0 radical (unpaired) electrons. The van der Waals surface area contributed by atoms with Crippen LogP contribution in [0.4, 0.5) is 5.82 Å². The van der Waals surface area contributed by atoms with Crippen molar-refractivity contribution in [2.45, 2.75) is 6.54 Å². The summed E-state index contributed by atoms with van der Waals surface area (Å²) in [5.74, 6) is 0.455. The Morgan fingerprint density at radius 2 is 2.04 bits per heavy atom. The van der Waals surface area contributed by atoms with E-state index in [1.807, 2.05) is 6.07 Å². The number of ether oxygens (including phenoxy) is 1. The smallest absolute Gasteiger partial charge is 0.256 e. The molecular weight excluding hydrogens is 389 g/mol. The van der Waals surface area contributed by atoms with E-state index in [-0.39, 0.29) is 11.7 Å². The molecule has 3 aromatic rings. The maximum absolute atomic E-state index is 12.3. The fourth-order valence-corrected chi connectivity index (χ4v) is 2.74. The Bertz CT molecular complexity index is 945. The molecule has 0 atom stereocenters. The molecule has 0 aliphatic rings. The Morgan fingerprint density at radius 1 is 1.22 bits per heavy atom. The molecule has 0 aliphatic carbocycles. The molecule has 0 fully saturated rings. The van der Waals surface area contributed by atoms with Gasteiger partial charge in [-0.1, -0.05) is 35.3 Å². The number of anilines is 1. The van der Waals surface area contributed by atoms with Gasteiger partial charge in [0.25, 0.3) is 5.91 Å². The number of aromatic nitrogens is 3. The summed E-state index contributed by atoms with van der Waals surface area (Å²) in [7, 11) is 0. The largest absolute Gasteiger partial charge is 0.492 e. The minimum atomic E-state index is -0.326. The van der Waals surface area contributed by atoms with Crippen molar-refractivity contribution in [3.63, 3.8) is 0 Å². The number of hydrogen-bond donors (Lipinski definition) is 2. The van der Waals surface area contributed by atoms with E-state index in [0.29, 0.717) is 46.9 Å². The third-order valence-corrected chi connectivity index (χ3v) is 4.03. The highest BCUT2D eigenvalue weighted by Crippen LogP contribution is 2.17. The molecule has 2 aromatic heterocycles. The third-order valence-electron chi connectivity index (χ3n) is 3.58. The second-order valence-electron chi connectivity index (χ2n) is 5.64. The SMILES string of the molecule is Nc1nn(Cc2cccc(Cl)n2)cc1C(=O)NCCOc1cccc(Cl)c1. The van der Waals surface area contributed by atoms with Gasteiger partial charge < -0.3 is 15.8 Å². The lowest BCUT2D eigenvalue weighted by Crippen LogP contribution is -2.28. The monoisotopic (exact) mass is 405 g/mol. The molecule has 0 aliphatic heterocycles. The van der Waals surface area contributed by atoms with Gasteiger partial charge in [0.2, 0.25) is 0 Å². The van der Waals surface area contributed by atoms with Crippen LogP contribution in [-0.2, 0) is 6.54 Å². The van der Waals surface area contributed by atoms with Gasteiger partial charge in [-0.15, -0.1) is 0 Å². The average molecular weight is 406 g/mol. The fourth-order valence-electron chi connectivity index (χ4n) is 2.38. The van der Waals surface area contributed by atoms with Gasteiger partial charge in [-0.3, -0.25) is 9.48 Å². The first-order valence-corrected chi connectivity index (χ1v) is 8.88. The van der Waals surface area contributed by atoms with Crippen LogP contribution in [0, 0.1) is 0 Å². The van der Waals surface area contributed by atoms with Crippen molar-refractivity contribution in [1.29, 1.82) is 0 Å². The Morgan fingerprint density at radius 3 is 2.81 bits per heavy atom. The summed E-state index contributed by atoms with van der Waals surface area (Å²) in [6.07, 6.45) is 1.57. The topological polar surface area (TPSA) is 95.1 Å². The highest BCUT2D eigenvalue weighted by molar-refractivity contribution is 6.30. The van der Waals surface area contributed by atoms with Crippen LogP contribution in [0.2, 0.25) is 10.2 Å². The van der Waals surface area contributed by atoms with Crippen LogP contribution in [0.5, 0.6) is 5.75 Å². The fraction of sp³-hybridized carbons (Fsp3) is 0.167. The number of halogens is 2. The Kier molecular flexibility index (Phi) is 6.16. The van der Waals surface area contributed by atoms with Gasteiger partial charge >= 0.3 is 0 Å². The summed E-state index contributed by atoms with van der Waals surface area (Å²) in [5.41, 5.74) is 6.86. The lowest BCUT2D eigenvalue weighted by atomic mass is 10.3. The van der Waals surface area contributed by atoms with Crippen LogP contribution in [0.3, 0.4) is 0 Å². The maximum atomic E-state index is 12.3. The van der Waals surface area contributed by atoms with Crippen molar-refractivity contribution in [2.75, 3.05) is 18.9 Å². The molecule has 3 N–H and O–H groups in total. The van der Waals surface area contributed by atoms with E-state index < -0.39 is 0 Å². The molecule has 2 heterocycles. The molecule has 140 valence electrons.